The van der Waals surface area contributed by atoms with Gasteiger partial charge in [0.15, 0.2) is 0 Å². The van der Waals surface area contributed by atoms with E-state index in [0.717, 1.165) is 30.0 Å². The highest BCUT2D eigenvalue weighted by molar-refractivity contribution is 7.99. The highest BCUT2D eigenvalue weighted by Gasteiger charge is 2.32. The van der Waals surface area contributed by atoms with E-state index in [2.05, 4.69) is 17.2 Å². The van der Waals surface area contributed by atoms with E-state index in [-0.39, 0.29) is 11.9 Å². The van der Waals surface area contributed by atoms with Crippen LogP contribution in [0.2, 0.25) is 0 Å². The van der Waals surface area contributed by atoms with E-state index in [0.29, 0.717) is 6.54 Å². The predicted octanol–water partition coefficient (Wildman–Crippen LogP) is 2.13. The Morgan fingerprint density at radius 2 is 2.44 bits per heavy atom. The van der Waals surface area contributed by atoms with Crippen molar-refractivity contribution in [3.8, 4) is 0 Å². The summed E-state index contributed by atoms with van der Waals surface area (Å²) < 4.78 is 12.8. The van der Waals surface area contributed by atoms with Crippen LogP contribution in [-0.4, -0.2) is 33.7 Å². The number of hydrogen-bond acceptors (Lipinski definition) is 4. The van der Waals surface area contributed by atoms with Crippen LogP contribution in [0.5, 0.6) is 0 Å². The van der Waals surface area contributed by atoms with Crippen molar-refractivity contribution in [2.24, 2.45) is 0 Å². The van der Waals surface area contributed by atoms with Crippen LogP contribution in [0, 0.1) is 5.82 Å². The molecule has 100 valence electrons. The van der Waals surface area contributed by atoms with Gasteiger partial charge in [0.25, 0.3) is 0 Å². The molecule has 2 N–H and O–H groups in total. The molecule has 0 amide bonds. The van der Waals surface area contributed by atoms with Crippen molar-refractivity contribution in [3.05, 3.63) is 29.8 Å². The van der Waals surface area contributed by atoms with Gasteiger partial charge in [-0.2, -0.15) is 11.8 Å². The third-order valence-electron chi connectivity index (χ3n) is 3.28. The molecule has 1 aliphatic rings. The Hall–Kier alpha value is -0.650. The normalized spacial score (nSPS) is 25.3. The number of thioether (sulfide) groups is 1. The summed E-state index contributed by atoms with van der Waals surface area (Å²) in [7, 11) is 0. The monoisotopic (exact) mass is 270 g/mol. The Morgan fingerprint density at radius 3 is 3.00 bits per heavy atom. The van der Waals surface area contributed by atoms with Crippen molar-refractivity contribution in [1.82, 2.24) is 10.3 Å². The van der Waals surface area contributed by atoms with E-state index >= 15 is 0 Å². The second-order valence-corrected chi connectivity index (χ2v) is 5.88. The summed E-state index contributed by atoms with van der Waals surface area (Å²) in [5, 5.41) is 13.6. The van der Waals surface area contributed by atoms with Crippen LogP contribution in [0.4, 0.5) is 4.39 Å². The fourth-order valence-electron chi connectivity index (χ4n) is 2.10. The molecule has 5 heteroatoms. The highest BCUT2D eigenvalue weighted by Crippen LogP contribution is 2.28. The second-order valence-electron chi connectivity index (χ2n) is 4.77. The Morgan fingerprint density at radius 1 is 1.61 bits per heavy atom. The molecule has 0 aromatic carbocycles. The molecule has 0 saturated carbocycles. The van der Waals surface area contributed by atoms with Gasteiger partial charge in [0, 0.05) is 18.3 Å². The van der Waals surface area contributed by atoms with Crippen molar-refractivity contribution >= 4 is 11.8 Å². The number of nitrogens with one attached hydrogen (secondary N) is 1. The largest absolute Gasteiger partial charge is 0.388 e. The molecule has 1 fully saturated rings. The fraction of sp³-hybridized carbons (Fsp3) is 0.615. The Bertz CT molecular complexity index is 379. The van der Waals surface area contributed by atoms with Crippen molar-refractivity contribution in [2.45, 2.75) is 31.4 Å². The van der Waals surface area contributed by atoms with Gasteiger partial charge in [-0.15, -0.1) is 0 Å². The predicted molar refractivity (Wildman–Crippen MR) is 72.1 cm³/mol. The minimum Gasteiger partial charge on any atom is -0.388 e. The van der Waals surface area contributed by atoms with Crippen LogP contribution in [0.3, 0.4) is 0 Å². The van der Waals surface area contributed by atoms with Crippen molar-refractivity contribution in [3.63, 3.8) is 0 Å². The second kappa shape index (κ2) is 5.99. The van der Waals surface area contributed by atoms with E-state index < -0.39 is 5.60 Å². The van der Waals surface area contributed by atoms with Crippen LogP contribution in [0.1, 0.15) is 31.5 Å². The number of aliphatic hydroxyl groups is 1. The molecule has 0 aliphatic carbocycles. The van der Waals surface area contributed by atoms with Crippen LogP contribution in [0.15, 0.2) is 18.3 Å². The molecule has 0 bridgehead atoms. The molecule has 2 rings (SSSR count). The fourth-order valence-corrected chi connectivity index (χ4v) is 3.40. The van der Waals surface area contributed by atoms with Gasteiger partial charge in [0.05, 0.1) is 17.5 Å². The molecule has 2 atom stereocenters. The van der Waals surface area contributed by atoms with Gasteiger partial charge >= 0.3 is 0 Å². The zero-order chi connectivity index (χ0) is 13.0. The first-order chi connectivity index (χ1) is 8.63. The maximum atomic E-state index is 12.8. The zero-order valence-electron chi connectivity index (χ0n) is 10.5. The third kappa shape index (κ3) is 3.43. The molecule has 1 saturated heterocycles. The Balaban J connectivity index is 1.95. The van der Waals surface area contributed by atoms with Crippen LogP contribution < -0.4 is 5.32 Å². The lowest BCUT2D eigenvalue weighted by Gasteiger charge is -2.25. The summed E-state index contributed by atoms with van der Waals surface area (Å²) in [6.07, 6.45) is 2.93. The number of pyridine rings is 1. The maximum absolute atomic E-state index is 12.8. The topological polar surface area (TPSA) is 45.1 Å². The molecule has 3 nitrogen and oxygen atoms in total. The number of aromatic nitrogens is 1. The van der Waals surface area contributed by atoms with Gasteiger partial charge in [-0.3, -0.25) is 4.98 Å². The number of hydrogen-bond donors (Lipinski definition) is 2. The molecule has 2 unspecified atom stereocenters. The average molecular weight is 270 g/mol. The molecular formula is C13H19FN2OS. The van der Waals surface area contributed by atoms with E-state index in [4.69, 9.17) is 0 Å². The standard InChI is InChI=1S/C13H19FN2OS/c1-2-11(12-4-3-10(14)7-15-12)16-8-13(17)5-6-18-9-13/h3-4,7,11,16-17H,2,5-6,8-9H2,1H3. The van der Waals surface area contributed by atoms with Crippen molar-refractivity contribution < 1.29 is 9.50 Å². The summed E-state index contributed by atoms with van der Waals surface area (Å²) in [5.74, 6) is 1.48. The lowest BCUT2D eigenvalue weighted by molar-refractivity contribution is 0.0642. The Kier molecular flexibility index (Phi) is 4.59. The molecule has 0 spiro atoms. The first kappa shape index (κ1) is 13.8. The zero-order valence-corrected chi connectivity index (χ0v) is 11.3. The first-order valence-electron chi connectivity index (χ1n) is 6.28. The molecule has 1 aromatic heterocycles. The molecule has 0 radical (unpaired) electrons. The first-order valence-corrected chi connectivity index (χ1v) is 7.43. The van der Waals surface area contributed by atoms with E-state index in [1.54, 1.807) is 17.8 Å². The highest BCUT2D eigenvalue weighted by atomic mass is 32.2. The van der Waals surface area contributed by atoms with Gasteiger partial charge in [-0.05, 0) is 30.7 Å². The molecule has 2 heterocycles. The smallest absolute Gasteiger partial charge is 0.141 e. The van der Waals surface area contributed by atoms with Crippen molar-refractivity contribution in [2.75, 3.05) is 18.1 Å². The SMILES string of the molecule is CCC(NCC1(O)CCSC1)c1ccc(F)cn1. The van der Waals surface area contributed by atoms with E-state index in [1.807, 2.05) is 0 Å². The Labute approximate surface area is 111 Å². The third-order valence-corrected chi connectivity index (χ3v) is 4.51. The summed E-state index contributed by atoms with van der Waals surface area (Å²) in [6.45, 7) is 2.62. The van der Waals surface area contributed by atoms with Gasteiger partial charge in [0.2, 0.25) is 0 Å². The van der Waals surface area contributed by atoms with Crippen molar-refractivity contribution in [1.29, 1.82) is 0 Å². The molecule has 1 aliphatic heterocycles. The lowest BCUT2D eigenvalue weighted by Crippen LogP contribution is -2.42. The number of nitrogens with zero attached hydrogens (tertiary/aromatic N) is 1. The minimum atomic E-state index is -0.599. The molecule has 18 heavy (non-hydrogen) atoms. The van der Waals surface area contributed by atoms with E-state index in [1.165, 1.54) is 12.3 Å². The quantitative estimate of drug-likeness (QED) is 0.860. The maximum Gasteiger partial charge on any atom is 0.141 e. The minimum absolute atomic E-state index is 0.0697. The summed E-state index contributed by atoms with van der Waals surface area (Å²) >= 11 is 1.78. The molecule has 1 aromatic rings. The summed E-state index contributed by atoms with van der Waals surface area (Å²) in [5.41, 5.74) is 0.228. The van der Waals surface area contributed by atoms with Gasteiger partial charge in [-0.1, -0.05) is 6.92 Å². The average Bonchev–Trinajstić information content (AvgIpc) is 2.79. The van der Waals surface area contributed by atoms with Gasteiger partial charge in [0.1, 0.15) is 5.82 Å². The van der Waals surface area contributed by atoms with E-state index in [9.17, 15) is 9.50 Å². The van der Waals surface area contributed by atoms with Crippen LogP contribution >= 0.6 is 11.8 Å². The van der Waals surface area contributed by atoms with Crippen LogP contribution in [-0.2, 0) is 0 Å². The number of halogens is 1. The summed E-state index contributed by atoms with van der Waals surface area (Å²) in [4.78, 5) is 4.09. The number of rotatable bonds is 5. The molecular weight excluding hydrogens is 251 g/mol. The summed E-state index contributed by atoms with van der Waals surface area (Å²) in [6, 6.07) is 3.19. The lowest BCUT2D eigenvalue weighted by atomic mass is 10.0. The van der Waals surface area contributed by atoms with Gasteiger partial charge in [-0.25, -0.2) is 4.39 Å². The van der Waals surface area contributed by atoms with Gasteiger partial charge < -0.3 is 10.4 Å². The van der Waals surface area contributed by atoms with Crippen LogP contribution in [0.25, 0.3) is 0 Å².